The van der Waals surface area contributed by atoms with E-state index < -0.39 is 28.2 Å². The van der Waals surface area contributed by atoms with Crippen molar-refractivity contribution in [1.29, 1.82) is 0 Å². The van der Waals surface area contributed by atoms with Crippen LogP contribution >= 0.6 is 15.9 Å². The van der Waals surface area contributed by atoms with Crippen molar-refractivity contribution >= 4 is 27.9 Å². The number of rotatable bonds is 7. The van der Waals surface area contributed by atoms with E-state index >= 15 is 0 Å². The third kappa shape index (κ3) is 3.65. The lowest BCUT2D eigenvalue weighted by Crippen LogP contribution is -2.48. The van der Waals surface area contributed by atoms with Crippen LogP contribution in [0.15, 0.2) is 24.3 Å². The van der Waals surface area contributed by atoms with Crippen LogP contribution in [0.25, 0.3) is 0 Å². The van der Waals surface area contributed by atoms with E-state index in [0.29, 0.717) is 35.2 Å². The lowest BCUT2D eigenvalue weighted by Gasteiger charge is -2.43. The van der Waals surface area contributed by atoms with Crippen molar-refractivity contribution in [3.05, 3.63) is 41.0 Å². The summed E-state index contributed by atoms with van der Waals surface area (Å²) < 4.78 is 38.3. The molecule has 0 radical (unpaired) electrons. The third-order valence-electron chi connectivity index (χ3n) is 6.96. The molecule has 2 aromatic rings. The number of hydrogen-bond donors (Lipinski definition) is 0. The first-order valence-electron chi connectivity index (χ1n) is 11.7. The zero-order valence-corrected chi connectivity index (χ0v) is 22.0. The molecule has 0 bridgehead atoms. The molecule has 0 spiro atoms. The molecule has 3 aliphatic rings. The monoisotopic (exact) mass is 562 g/mol. The van der Waals surface area contributed by atoms with E-state index in [-0.39, 0.29) is 25.8 Å². The fraction of sp³-hybridized carbons (Fsp3) is 0.462. The molecule has 36 heavy (non-hydrogen) atoms. The van der Waals surface area contributed by atoms with Gasteiger partial charge in [0.2, 0.25) is 12.5 Å². The number of halogens is 1. The van der Waals surface area contributed by atoms with Crippen molar-refractivity contribution in [3.63, 3.8) is 0 Å². The lowest BCUT2D eigenvalue weighted by molar-refractivity contribution is -0.153. The molecule has 0 saturated carbocycles. The Labute approximate surface area is 217 Å². The predicted octanol–water partition coefficient (Wildman–Crippen LogP) is 4.28. The van der Waals surface area contributed by atoms with Crippen molar-refractivity contribution in [2.75, 3.05) is 34.7 Å². The average molecular weight is 563 g/mol. The second kappa shape index (κ2) is 9.38. The van der Waals surface area contributed by atoms with Gasteiger partial charge in [-0.05, 0) is 41.8 Å². The molecule has 9 nitrogen and oxygen atoms in total. The van der Waals surface area contributed by atoms with Crippen LogP contribution in [0.3, 0.4) is 0 Å². The van der Waals surface area contributed by atoms with Crippen LogP contribution in [0.1, 0.15) is 48.5 Å². The molecule has 2 aliphatic heterocycles. The topological polar surface area (TPSA) is 98.8 Å². The van der Waals surface area contributed by atoms with E-state index in [4.69, 9.17) is 33.2 Å². The molecule has 1 aliphatic carbocycles. The van der Waals surface area contributed by atoms with Crippen molar-refractivity contribution in [2.45, 2.75) is 36.1 Å². The molecule has 2 heterocycles. The Morgan fingerprint density at radius 2 is 1.64 bits per heavy atom. The predicted molar refractivity (Wildman–Crippen MR) is 130 cm³/mol. The van der Waals surface area contributed by atoms with Gasteiger partial charge in [0.1, 0.15) is 17.0 Å². The summed E-state index contributed by atoms with van der Waals surface area (Å²) in [5, 5.41) is 0. The fourth-order valence-electron chi connectivity index (χ4n) is 5.34. The van der Waals surface area contributed by atoms with E-state index in [2.05, 4.69) is 15.9 Å². The summed E-state index contributed by atoms with van der Waals surface area (Å²) in [7, 11) is 4.60. The van der Waals surface area contributed by atoms with E-state index in [1.54, 1.807) is 0 Å². The molecule has 0 N–H and O–H groups in total. The van der Waals surface area contributed by atoms with E-state index in [1.165, 1.54) is 21.3 Å². The third-order valence-corrected chi connectivity index (χ3v) is 8.33. The number of methoxy groups -OCH3 is 3. The van der Waals surface area contributed by atoms with Crippen LogP contribution in [0.5, 0.6) is 28.7 Å². The maximum absolute atomic E-state index is 13.4. The molecular weight excluding hydrogens is 536 g/mol. The first kappa shape index (κ1) is 24.5. The van der Waals surface area contributed by atoms with Gasteiger partial charge >= 0.3 is 11.9 Å². The van der Waals surface area contributed by atoms with Gasteiger partial charge in [-0.25, -0.2) is 0 Å². The van der Waals surface area contributed by atoms with Gasteiger partial charge in [0.05, 0.1) is 27.2 Å². The van der Waals surface area contributed by atoms with Crippen LogP contribution < -0.4 is 23.7 Å². The van der Waals surface area contributed by atoms with Crippen molar-refractivity contribution < 1.29 is 42.7 Å². The number of carbonyl (C=O) groups excluding carboxylic acids is 2. The Hall–Kier alpha value is -3.14. The molecule has 0 amide bonds. The molecule has 4 atom stereocenters. The summed E-state index contributed by atoms with van der Waals surface area (Å²) in [6.45, 7) is 2.08. The molecule has 1 fully saturated rings. The lowest BCUT2D eigenvalue weighted by atomic mass is 9.66. The summed E-state index contributed by atoms with van der Waals surface area (Å²) in [6, 6.07) is 7.31. The van der Waals surface area contributed by atoms with Gasteiger partial charge in [-0.15, -0.1) is 0 Å². The second-order valence-corrected chi connectivity index (χ2v) is 10.2. The highest BCUT2D eigenvalue weighted by molar-refractivity contribution is 9.10. The minimum Gasteiger partial charge on any atom is -0.493 e. The average Bonchev–Trinajstić information content (AvgIpc) is 3.45. The number of benzene rings is 2. The van der Waals surface area contributed by atoms with Crippen molar-refractivity contribution in [3.8, 4) is 28.7 Å². The molecule has 1 saturated heterocycles. The van der Waals surface area contributed by atoms with Gasteiger partial charge in [0, 0.05) is 17.9 Å². The van der Waals surface area contributed by atoms with Gasteiger partial charge in [0.15, 0.2) is 23.0 Å². The number of ether oxygens (including phenoxy) is 7. The fourth-order valence-corrected chi connectivity index (χ4v) is 6.34. The molecule has 2 aromatic carbocycles. The zero-order valence-electron chi connectivity index (χ0n) is 20.4. The zero-order chi connectivity index (χ0) is 25.6. The van der Waals surface area contributed by atoms with Gasteiger partial charge in [-0.1, -0.05) is 22.9 Å². The summed E-state index contributed by atoms with van der Waals surface area (Å²) in [4.78, 5) is 26.0. The van der Waals surface area contributed by atoms with E-state index in [9.17, 15) is 9.59 Å². The van der Waals surface area contributed by atoms with Crippen LogP contribution in [0.2, 0.25) is 0 Å². The minimum atomic E-state index is -1.23. The van der Waals surface area contributed by atoms with Gasteiger partial charge in [0.25, 0.3) is 0 Å². The number of esters is 2. The number of fused-ring (bicyclic) bond motifs is 3. The molecule has 192 valence electrons. The Morgan fingerprint density at radius 3 is 2.22 bits per heavy atom. The Bertz CT molecular complexity index is 1190. The van der Waals surface area contributed by atoms with Crippen LogP contribution in [0.4, 0.5) is 0 Å². The van der Waals surface area contributed by atoms with Crippen molar-refractivity contribution in [1.82, 2.24) is 0 Å². The highest BCUT2D eigenvalue weighted by Gasteiger charge is 2.64. The standard InChI is InChI=1S/C26H27BrO9/c1-5-6-21(28)36-23-15-10-18-17(34-12-35-18)9-14(15)22(26(27)16(23)11-33-25(26)29)13-7-19(30-2)24(32-4)20(8-13)31-3/h7-10,16,22-23H,5-6,11-12H2,1-4H3/t16-,22-,23+,26-/m1/s1. The molecule has 10 heteroatoms. The first-order chi connectivity index (χ1) is 17.4. The Kier molecular flexibility index (Phi) is 6.40. The summed E-state index contributed by atoms with van der Waals surface area (Å²) in [6.07, 6.45) is 0.189. The summed E-state index contributed by atoms with van der Waals surface area (Å²) in [5.41, 5.74) is 2.21. The Morgan fingerprint density at radius 1 is 1.00 bits per heavy atom. The quantitative estimate of drug-likeness (QED) is 0.361. The van der Waals surface area contributed by atoms with Gasteiger partial charge < -0.3 is 33.2 Å². The van der Waals surface area contributed by atoms with Crippen molar-refractivity contribution in [2.24, 2.45) is 5.92 Å². The molecule has 0 aromatic heterocycles. The molecule has 0 unspecified atom stereocenters. The minimum absolute atomic E-state index is 0.0816. The highest BCUT2D eigenvalue weighted by atomic mass is 79.9. The smallest absolute Gasteiger partial charge is 0.324 e. The van der Waals surface area contributed by atoms with Crippen LogP contribution in [0, 0.1) is 5.92 Å². The number of carbonyl (C=O) groups is 2. The number of hydrogen-bond acceptors (Lipinski definition) is 9. The summed E-state index contributed by atoms with van der Waals surface area (Å²) >= 11 is 3.79. The molecule has 5 rings (SSSR count). The normalized spacial score (nSPS) is 25.5. The number of cyclic esters (lactones) is 1. The van der Waals surface area contributed by atoms with E-state index in [1.807, 2.05) is 31.2 Å². The van der Waals surface area contributed by atoms with Gasteiger partial charge in [-0.2, -0.15) is 0 Å². The first-order valence-corrected chi connectivity index (χ1v) is 12.5. The SMILES string of the molecule is CCCC(=O)O[C@H]1c2cc3c(cc2[C@@H](c2cc(OC)c(OC)c(OC)c2)[C@@]2(Br)C(=O)OC[C@H]12)OCO3. The van der Waals surface area contributed by atoms with Gasteiger partial charge in [-0.3, -0.25) is 9.59 Å². The Balaban J connectivity index is 1.76. The molecular formula is C26H27BrO9. The summed E-state index contributed by atoms with van der Waals surface area (Å²) in [5.74, 6) is 0.601. The van der Waals surface area contributed by atoms with Crippen LogP contribution in [-0.2, 0) is 19.1 Å². The number of alkyl halides is 1. The maximum atomic E-state index is 13.4. The maximum Gasteiger partial charge on any atom is 0.324 e. The largest absolute Gasteiger partial charge is 0.493 e. The second-order valence-electron chi connectivity index (χ2n) is 8.86. The van der Waals surface area contributed by atoms with Crippen LogP contribution in [-0.4, -0.2) is 51.0 Å². The van der Waals surface area contributed by atoms with E-state index in [0.717, 1.165) is 16.7 Å². The highest BCUT2D eigenvalue weighted by Crippen LogP contribution is 2.61.